The van der Waals surface area contributed by atoms with Crippen molar-refractivity contribution in [3.63, 3.8) is 0 Å². The van der Waals surface area contributed by atoms with Gasteiger partial charge in [0.05, 0.1) is 23.7 Å². The van der Waals surface area contributed by atoms with Gasteiger partial charge in [-0.1, -0.05) is 0 Å². The second kappa shape index (κ2) is 15.9. The molecule has 0 radical (unpaired) electrons. The molecule has 0 atom stereocenters. The number of nitrogens with one attached hydrogen (secondary N) is 2. The van der Waals surface area contributed by atoms with Crippen molar-refractivity contribution in [3.05, 3.63) is 12.1 Å². The maximum atomic E-state index is 14.5. The van der Waals surface area contributed by atoms with Crippen LogP contribution in [0.3, 0.4) is 0 Å². The second-order valence-electron chi connectivity index (χ2n) is 24.0. The number of rotatable bonds is 8. The van der Waals surface area contributed by atoms with Crippen LogP contribution in [0.2, 0.25) is 0 Å². The summed E-state index contributed by atoms with van der Waals surface area (Å²) in [4.78, 5) is 62.2. The zero-order chi connectivity index (χ0) is 45.4. The fraction of sp³-hybridized carbons (Fsp3) is 0.792. The number of likely N-dealkylation sites (tertiary alicyclic amines) is 2. The van der Waals surface area contributed by atoms with Gasteiger partial charge in [0.2, 0.25) is 11.5 Å². The van der Waals surface area contributed by atoms with Crippen LogP contribution in [0.15, 0.2) is 12.1 Å². The molecule has 1 aromatic rings. The number of ether oxygens (including phenoxy) is 4. The van der Waals surface area contributed by atoms with E-state index in [0.29, 0.717) is 51.4 Å². The van der Waals surface area contributed by atoms with E-state index in [1.54, 1.807) is 0 Å². The lowest BCUT2D eigenvalue weighted by Gasteiger charge is -2.53. The van der Waals surface area contributed by atoms with Gasteiger partial charge in [0.15, 0.2) is 11.5 Å². The first-order valence-electron chi connectivity index (χ1n) is 22.1. The maximum absolute atomic E-state index is 14.5. The van der Waals surface area contributed by atoms with Gasteiger partial charge in [-0.3, -0.25) is 29.0 Å². The molecule has 2 N–H and O–H groups in total. The zero-order valence-electron chi connectivity index (χ0n) is 40.3. The van der Waals surface area contributed by atoms with Gasteiger partial charge in [-0.05, 0) is 188 Å². The van der Waals surface area contributed by atoms with Crippen molar-refractivity contribution in [2.24, 2.45) is 23.7 Å². The molecule has 0 spiro atoms. The third kappa shape index (κ3) is 10.8. The molecule has 4 saturated heterocycles. The van der Waals surface area contributed by atoms with Crippen LogP contribution < -0.4 is 29.6 Å². The highest BCUT2D eigenvalue weighted by atomic mass is 16.6. The molecule has 12 heteroatoms. The Morgan fingerprint density at radius 3 is 0.883 bits per heavy atom. The Kier molecular flexibility index (Phi) is 12.7. The van der Waals surface area contributed by atoms with Crippen LogP contribution in [0.5, 0.6) is 23.0 Å². The van der Waals surface area contributed by atoms with E-state index in [2.05, 4.69) is 89.9 Å². The topological polar surface area (TPSA) is 136 Å². The summed E-state index contributed by atoms with van der Waals surface area (Å²) in [6, 6.07) is 2.97. The number of hydrogen-bond acceptors (Lipinski definition) is 12. The number of esters is 4. The number of carbonyl (C=O) groups excluding carboxylic acids is 4. The van der Waals surface area contributed by atoms with E-state index in [9.17, 15) is 19.2 Å². The first-order chi connectivity index (χ1) is 27.0. The lowest BCUT2D eigenvalue weighted by atomic mass is 9.74. The summed E-state index contributed by atoms with van der Waals surface area (Å²) in [7, 11) is 4.14. The fourth-order valence-electron chi connectivity index (χ4n) is 11.7. The minimum Gasteiger partial charge on any atom is -0.422 e. The molecule has 12 nitrogen and oxygen atoms in total. The van der Waals surface area contributed by atoms with Gasteiger partial charge < -0.3 is 29.6 Å². The molecule has 60 heavy (non-hydrogen) atoms. The largest absolute Gasteiger partial charge is 0.422 e. The van der Waals surface area contributed by atoms with Gasteiger partial charge in [0, 0.05) is 44.3 Å². The van der Waals surface area contributed by atoms with Gasteiger partial charge in [0.1, 0.15) is 0 Å². The predicted octanol–water partition coefficient (Wildman–Crippen LogP) is 8.22. The van der Waals surface area contributed by atoms with E-state index in [0.717, 1.165) is 0 Å². The summed E-state index contributed by atoms with van der Waals surface area (Å²) in [6.45, 7) is 33.3. The second-order valence-corrected chi connectivity index (χ2v) is 24.0. The van der Waals surface area contributed by atoms with Crippen LogP contribution in [0.4, 0.5) is 0 Å². The van der Waals surface area contributed by atoms with Crippen molar-refractivity contribution >= 4 is 23.9 Å². The third-order valence-electron chi connectivity index (χ3n) is 14.2. The average molecular weight is 839 g/mol. The number of carbonyl (C=O) groups is 4. The molecule has 4 fully saturated rings. The number of benzene rings is 1. The Morgan fingerprint density at radius 2 is 0.633 bits per heavy atom. The molecule has 5 rings (SSSR count). The highest BCUT2D eigenvalue weighted by molar-refractivity contribution is 5.85. The van der Waals surface area contributed by atoms with Crippen molar-refractivity contribution in [2.45, 2.75) is 206 Å². The summed E-state index contributed by atoms with van der Waals surface area (Å²) in [6.07, 6.45) is 4.10. The first kappa shape index (κ1) is 48.0. The van der Waals surface area contributed by atoms with Gasteiger partial charge in [-0.25, -0.2) is 0 Å². The van der Waals surface area contributed by atoms with Crippen molar-refractivity contribution < 1.29 is 38.1 Å². The highest BCUT2D eigenvalue weighted by Gasteiger charge is 2.49. The third-order valence-corrected chi connectivity index (χ3v) is 14.2. The average Bonchev–Trinajstić information content (AvgIpc) is 3.04. The Balaban J connectivity index is 1.62. The summed E-state index contributed by atoms with van der Waals surface area (Å²) in [5.74, 6) is -4.75. The van der Waals surface area contributed by atoms with Crippen molar-refractivity contribution in [3.8, 4) is 23.0 Å². The molecule has 0 amide bonds. The Bertz CT molecular complexity index is 1640. The zero-order valence-corrected chi connectivity index (χ0v) is 40.3. The lowest BCUT2D eigenvalue weighted by Crippen LogP contribution is -2.59. The summed E-state index contributed by atoms with van der Waals surface area (Å²) >= 11 is 0. The van der Waals surface area contributed by atoms with Crippen molar-refractivity contribution in [1.82, 2.24) is 20.4 Å². The van der Waals surface area contributed by atoms with E-state index in [4.69, 9.17) is 18.9 Å². The molecule has 4 heterocycles. The Morgan fingerprint density at radius 1 is 0.417 bits per heavy atom. The molecule has 1 aromatic carbocycles. The molecule has 0 saturated carbocycles. The fourth-order valence-corrected chi connectivity index (χ4v) is 11.7. The van der Waals surface area contributed by atoms with Crippen molar-refractivity contribution in [1.29, 1.82) is 0 Å². The first-order valence-corrected chi connectivity index (χ1v) is 22.1. The van der Waals surface area contributed by atoms with Crippen LogP contribution >= 0.6 is 0 Å². The molecule has 338 valence electrons. The van der Waals surface area contributed by atoms with Crippen LogP contribution in [-0.4, -0.2) is 92.1 Å². The predicted molar refractivity (Wildman–Crippen MR) is 234 cm³/mol. The molecule has 0 aliphatic carbocycles. The van der Waals surface area contributed by atoms with Crippen LogP contribution in [0, 0.1) is 23.7 Å². The van der Waals surface area contributed by atoms with Gasteiger partial charge in [-0.15, -0.1) is 0 Å². The monoisotopic (exact) mass is 839 g/mol. The SMILES string of the molecule is CN1C(C)(C)CC(C(=O)Oc2ccc(OC(=O)C3CC(C)(C)N(C)C(C)(C)C3)c(OC(=O)C3CC(C)(C)NC(C)(C)C3)c2OC(=O)C2CC(C)(C)NC(C)(C)C2)CC1(C)C. The Labute approximate surface area is 360 Å². The van der Waals surface area contributed by atoms with E-state index in [-0.39, 0.29) is 67.3 Å². The van der Waals surface area contributed by atoms with Gasteiger partial charge in [-0.2, -0.15) is 0 Å². The molecule has 0 bridgehead atoms. The number of hydrogen-bond donors (Lipinski definition) is 2. The highest BCUT2D eigenvalue weighted by Crippen LogP contribution is 2.49. The Hall–Kier alpha value is -3.06. The standard InChI is InChI=1S/C48H78N4O8/c1-41(2)21-29(22-42(3,4)49-41)39(55)59-35-33(57-37(53)31-25-45(9,10)51(17)46(11,12)26-31)19-20-34(58-38(54)32-27-47(13,14)52(18)48(15,16)28-32)36(35)60-40(56)30-23-43(5,6)50-44(7,8)24-30/h19-20,29-32,49-50H,21-28H2,1-18H3. The smallest absolute Gasteiger partial charge is 0.314 e. The van der Waals surface area contributed by atoms with Crippen LogP contribution in [-0.2, 0) is 19.2 Å². The number of piperidine rings is 4. The van der Waals surface area contributed by atoms with Gasteiger partial charge >= 0.3 is 23.9 Å². The summed E-state index contributed by atoms with van der Waals surface area (Å²) < 4.78 is 25.3. The normalized spacial score (nSPS) is 26.4. The lowest BCUT2D eigenvalue weighted by molar-refractivity contribution is -0.148. The van der Waals surface area contributed by atoms with Crippen molar-refractivity contribution in [2.75, 3.05) is 14.1 Å². The van der Waals surface area contributed by atoms with E-state index in [1.807, 2.05) is 55.4 Å². The molecule has 4 aliphatic rings. The maximum Gasteiger partial charge on any atom is 0.314 e. The van der Waals surface area contributed by atoms with E-state index in [1.165, 1.54) is 12.1 Å². The molecular weight excluding hydrogens is 761 g/mol. The summed E-state index contributed by atoms with van der Waals surface area (Å²) in [5.41, 5.74) is -2.75. The molecule has 0 aromatic heterocycles. The quantitative estimate of drug-likeness (QED) is 0.193. The van der Waals surface area contributed by atoms with Gasteiger partial charge in [0.25, 0.3) is 0 Å². The van der Waals surface area contributed by atoms with E-state index < -0.39 is 47.5 Å². The molecule has 0 unspecified atom stereocenters. The minimum atomic E-state index is -0.555. The summed E-state index contributed by atoms with van der Waals surface area (Å²) in [5, 5.41) is 7.24. The van der Waals surface area contributed by atoms with E-state index >= 15 is 0 Å². The number of nitrogens with zero attached hydrogens (tertiary/aromatic N) is 2. The molecule has 4 aliphatic heterocycles. The van der Waals surface area contributed by atoms with Crippen LogP contribution in [0.1, 0.15) is 162 Å². The molecular formula is C48H78N4O8. The van der Waals surface area contributed by atoms with Crippen LogP contribution in [0.25, 0.3) is 0 Å². The minimum absolute atomic E-state index is 0.0783.